The van der Waals surface area contributed by atoms with Crippen LogP contribution in [0.4, 0.5) is 0 Å². The fourth-order valence-corrected chi connectivity index (χ4v) is 7.08. The number of nitrogens with one attached hydrogen (secondary N) is 1. The molecule has 3 aromatic carbocycles. The van der Waals surface area contributed by atoms with E-state index in [9.17, 15) is 9.90 Å². The second kappa shape index (κ2) is 15.3. The van der Waals surface area contributed by atoms with Crippen molar-refractivity contribution in [2.24, 2.45) is 0 Å². The number of aliphatic hydroxyl groups is 1. The number of benzene rings is 3. The van der Waals surface area contributed by atoms with Gasteiger partial charge in [0.25, 0.3) is 9.70 Å². The number of rotatable bonds is 10. The van der Waals surface area contributed by atoms with Crippen LogP contribution in [0.5, 0.6) is 0 Å². The van der Waals surface area contributed by atoms with Crippen LogP contribution < -0.4 is 5.32 Å². The zero-order valence-electron chi connectivity index (χ0n) is 25.9. The van der Waals surface area contributed by atoms with Gasteiger partial charge in [-0.25, -0.2) is 0 Å². The van der Waals surface area contributed by atoms with Gasteiger partial charge in [-0.15, -0.1) is 0 Å². The Bertz CT molecular complexity index is 1440. The molecule has 4 unspecified atom stereocenters. The third-order valence-corrected chi connectivity index (χ3v) is 9.89. The first-order chi connectivity index (χ1) is 22.2. The summed E-state index contributed by atoms with van der Waals surface area (Å²) in [6.07, 6.45) is 5.30. The number of amides is 1. The molecule has 0 bridgehead atoms. The summed E-state index contributed by atoms with van der Waals surface area (Å²) in [5.41, 5.74) is 5.88. The molecule has 3 aliphatic heterocycles. The number of alkyl halides is 3. The molecule has 0 saturated carbocycles. The molecule has 0 aliphatic carbocycles. The molecule has 6 rings (SSSR count). The number of hydrogen-bond acceptors (Lipinski definition) is 6. The average Bonchev–Trinajstić information content (AvgIpc) is 3.75. The van der Waals surface area contributed by atoms with E-state index in [2.05, 4.69) is 51.5 Å². The molecular weight excluding hydrogens is 645 g/mol. The number of carbonyl (C=O) groups is 1. The molecule has 3 fully saturated rings. The van der Waals surface area contributed by atoms with Gasteiger partial charge in [-0.05, 0) is 79.2 Å². The molecule has 246 valence electrons. The van der Waals surface area contributed by atoms with Gasteiger partial charge in [0.05, 0.1) is 18.8 Å². The lowest BCUT2D eigenvalue weighted by Gasteiger charge is -2.39. The number of carbonyl (C=O) groups excluding carboxylic acids is 1. The molecule has 3 heterocycles. The minimum atomic E-state index is -2.00. The first-order valence-corrected chi connectivity index (χ1v) is 17.4. The van der Waals surface area contributed by atoms with Gasteiger partial charge in [-0.2, -0.15) is 0 Å². The Morgan fingerprint density at radius 2 is 1.59 bits per heavy atom. The van der Waals surface area contributed by atoms with Gasteiger partial charge < -0.3 is 24.8 Å². The lowest BCUT2D eigenvalue weighted by atomic mass is 9.98. The monoisotopic (exact) mass is 685 g/mol. The first-order valence-electron chi connectivity index (χ1n) is 16.3. The topological polar surface area (TPSA) is 74.3 Å². The first kappa shape index (κ1) is 33.7. The highest BCUT2D eigenvalue weighted by Crippen LogP contribution is 2.39. The molecule has 2 N–H and O–H groups in total. The number of aliphatic hydroxyl groups excluding tert-OH is 1. The van der Waals surface area contributed by atoms with Gasteiger partial charge in [0.1, 0.15) is 0 Å². The van der Waals surface area contributed by atoms with E-state index in [1.54, 1.807) is 0 Å². The molecule has 3 saturated heterocycles. The molecule has 4 atom stereocenters. The Hall–Kier alpha value is -2.20. The molecular formula is C36H42Cl3N3O4. The summed E-state index contributed by atoms with van der Waals surface area (Å²) in [6, 6.07) is 24.8. The van der Waals surface area contributed by atoms with E-state index in [-0.39, 0.29) is 25.4 Å². The van der Waals surface area contributed by atoms with Crippen LogP contribution >= 0.6 is 34.8 Å². The molecule has 0 aromatic heterocycles. The van der Waals surface area contributed by atoms with Crippen molar-refractivity contribution in [3.8, 4) is 11.1 Å². The third-order valence-electron chi connectivity index (χ3n) is 9.37. The fourth-order valence-electron chi connectivity index (χ4n) is 6.88. The minimum absolute atomic E-state index is 0.0202. The Kier molecular flexibility index (Phi) is 11.2. The number of nitrogens with zero attached hydrogens (tertiary/aromatic N) is 2. The predicted molar refractivity (Wildman–Crippen MR) is 183 cm³/mol. The van der Waals surface area contributed by atoms with Crippen LogP contribution in [0, 0.1) is 0 Å². The summed E-state index contributed by atoms with van der Waals surface area (Å²) in [6.45, 7) is 5.87. The van der Waals surface area contributed by atoms with Crippen LogP contribution in [0.3, 0.4) is 0 Å². The number of likely N-dealkylation sites (tertiary alicyclic amines) is 2. The average molecular weight is 687 g/mol. The molecule has 1 amide bonds. The molecule has 0 radical (unpaired) electrons. The van der Waals surface area contributed by atoms with Crippen molar-refractivity contribution in [1.29, 1.82) is 0 Å². The van der Waals surface area contributed by atoms with E-state index in [1.165, 1.54) is 38.8 Å². The Morgan fingerprint density at radius 3 is 2.30 bits per heavy atom. The summed E-state index contributed by atoms with van der Waals surface area (Å²) in [4.78, 5) is 17.2. The quantitative estimate of drug-likeness (QED) is 0.225. The van der Waals surface area contributed by atoms with Crippen LogP contribution in [-0.4, -0.2) is 69.5 Å². The Balaban J connectivity index is 1.16. The number of ether oxygens (including phenoxy) is 2. The SMILES string of the molecule is O=C(NCc1cccc(-c2ccc(C3OC(CN4CCCC4CN4CCCC4)CC(c4ccc(CO)cc4)O3)cc2)c1)C(Cl)(Cl)Cl. The molecule has 46 heavy (non-hydrogen) atoms. The predicted octanol–water partition coefficient (Wildman–Crippen LogP) is 6.94. The molecule has 3 aromatic rings. The second-order valence-corrected chi connectivity index (χ2v) is 14.9. The zero-order chi connectivity index (χ0) is 32.1. The fraction of sp³-hybridized carbons (Fsp3) is 0.472. The third kappa shape index (κ3) is 8.63. The van der Waals surface area contributed by atoms with Crippen molar-refractivity contribution >= 4 is 40.7 Å². The van der Waals surface area contributed by atoms with E-state index in [0.717, 1.165) is 59.4 Å². The van der Waals surface area contributed by atoms with E-state index in [1.807, 2.05) is 36.4 Å². The summed E-state index contributed by atoms with van der Waals surface area (Å²) >= 11 is 17.1. The highest BCUT2D eigenvalue weighted by atomic mass is 35.6. The van der Waals surface area contributed by atoms with Gasteiger partial charge in [-0.3, -0.25) is 9.69 Å². The zero-order valence-corrected chi connectivity index (χ0v) is 28.2. The van der Waals surface area contributed by atoms with Crippen LogP contribution in [0.15, 0.2) is 72.8 Å². The van der Waals surface area contributed by atoms with Gasteiger partial charge in [0.2, 0.25) is 0 Å². The van der Waals surface area contributed by atoms with Crippen molar-refractivity contribution in [2.45, 2.75) is 73.6 Å². The molecule has 3 aliphatic rings. The van der Waals surface area contributed by atoms with E-state index in [0.29, 0.717) is 6.04 Å². The van der Waals surface area contributed by atoms with Crippen LogP contribution in [-0.2, 0) is 27.4 Å². The van der Waals surface area contributed by atoms with Gasteiger partial charge in [0, 0.05) is 37.7 Å². The van der Waals surface area contributed by atoms with Gasteiger partial charge in [0.15, 0.2) is 6.29 Å². The molecule has 0 spiro atoms. The van der Waals surface area contributed by atoms with Crippen molar-refractivity contribution in [2.75, 3.05) is 32.7 Å². The van der Waals surface area contributed by atoms with Crippen molar-refractivity contribution in [1.82, 2.24) is 15.1 Å². The highest BCUT2D eigenvalue weighted by Gasteiger charge is 2.36. The van der Waals surface area contributed by atoms with Gasteiger partial charge in [-0.1, -0.05) is 102 Å². The summed E-state index contributed by atoms with van der Waals surface area (Å²) in [5, 5.41) is 12.2. The smallest absolute Gasteiger partial charge is 0.272 e. The van der Waals surface area contributed by atoms with E-state index in [4.69, 9.17) is 44.3 Å². The molecule has 10 heteroatoms. The summed E-state index contributed by atoms with van der Waals surface area (Å²) in [7, 11) is 0. The largest absolute Gasteiger partial charge is 0.392 e. The Morgan fingerprint density at radius 1 is 0.848 bits per heavy atom. The van der Waals surface area contributed by atoms with Crippen LogP contribution in [0.1, 0.15) is 66.8 Å². The van der Waals surface area contributed by atoms with Crippen LogP contribution in [0.25, 0.3) is 11.1 Å². The number of halogens is 3. The lowest BCUT2D eigenvalue weighted by molar-refractivity contribution is -0.253. The van der Waals surface area contributed by atoms with Gasteiger partial charge >= 0.3 is 0 Å². The van der Waals surface area contributed by atoms with Crippen LogP contribution in [0.2, 0.25) is 0 Å². The maximum absolute atomic E-state index is 12.0. The standard InChI is InChI=1S/C36H42Cl3N3O4/c37-36(38,39)35(44)40-21-26-5-3-6-30(19-26)27-12-14-29(15-13-27)34-45-32(20-33(46-34)28-10-8-25(24-43)9-11-28)23-42-18-4-7-31(42)22-41-16-1-2-17-41/h3,5-6,8-15,19,31-34,43H,1-2,4,7,16-18,20-24H2,(H,40,44). The normalized spacial score (nSPS) is 24.3. The highest BCUT2D eigenvalue weighted by molar-refractivity contribution is 6.76. The Labute approximate surface area is 286 Å². The lowest BCUT2D eigenvalue weighted by Crippen LogP contribution is -2.45. The summed E-state index contributed by atoms with van der Waals surface area (Å²) in [5.74, 6) is -0.660. The minimum Gasteiger partial charge on any atom is -0.392 e. The molecule has 7 nitrogen and oxygen atoms in total. The van der Waals surface area contributed by atoms with Crippen molar-refractivity contribution < 1.29 is 19.4 Å². The van der Waals surface area contributed by atoms with E-state index < -0.39 is 16.0 Å². The van der Waals surface area contributed by atoms with E-state index >= 15 is 0 Å². The maximum Gasteiger partial charge on any atom is 0.272 e. The van der Waals surface area contributed by atoms with Crippen molar-refractivity contribution in [3.63, 3.8) is 0 Å². The summed E-state index contributed by atoms with van der Waals surface area (Å²) < 4.78 is 11.3. The maximum atomic E-state index is 12.0. The number of hydrogen-bond donors (Lipinski definition) is 2. The second-order valence-electron chi connectivity index (χ2n) is 12.7. The van der Waals surface area contributed by atoms with Crippen molar-refractivity contribution in [3.05, 3.63) is 95.1 Å².